The number of nitrogens with zero attached hydrogens (tertiary/aromatic N) is 2. The number of rotatable bonds is 5. The van der Waals surface area contributed by atoms with Gasteiger partial charge in [0.1, 0.15) is 5.75 Å². The minimum absolute atomic E-state index is 0.0686. The van der Waals surface area contributed by atoms with Gasteiger partial charge in [0, 0.05) is 17.5 Å². The fourth-order valence-electron chi connectivity index (χ4n) is 1.96. The van der Waals surface area contributed by atoms with Crippen LogP contribution in [0.1, 0.15) is 49.0 Å². The number of hydrogen-bond acceptors (Lipinski definition) is 5. The highest BCUT2D eigenvalue weighted by Crippen LogP contribution is 2.38. The van der Waals surface area contributed by atoms with E-state index in [4.69, 9.17) is 15.0 Å². The number of ether oxygens (including phenoxy) is 1. The molecule has 1 heterocycles. The number of nitrogens with two attached hydrogens (primary N) is 1. The highest BCUT2D eigenvalue weighted by Gasteiger charge is 2.28. The van der Waals surface area contributed by atoms with Crippen LogP contribution in [-0.2, 0) is 6.61 Å². The van der Waals surface area contributed by atoms with Crippen molar-refractivity contribution >= 4 is 0 Å². The van der Waals surface area contributed by atoms with Crippen molar-refractivity contribution in [2.75, 3.05) is 0 Å². The van der Waals surface area contributed by atoms with Crippen molar-refractivity contribution in [2.45, 2.75) is 38.3 Å². The molecule has 19 heavy (non-hydrogen) atoms. The zero-order valence-corrected chi connectivity index (χ0v) is 10.9. The maximum Gasteiger partial charge on any atom is 0.264 e. The molecule has 1 unspecified atom stereocenters. The number of para-hydroxylation sites is 1. The largest absolute Gasteiger partial charge is 0.483 e. The van der Waals surface area contributed by atoms with Gasteiger partial charge in [-0.2, -0.15) is 4.98 Å². The van der Waals surface area contributed by atoms with Gasteiger partial charge in [-0.15, -0.1) is 0 Å². The first-order valence-electron chi connectivity index (χ1n) is 6.54. The molecule has 1 saturated carbocycles. The van der Waals surface area contributed by atoms with Gasteiger partial charge in [0.05, 0.1) is 0 Å². The molecule has 2 aromatic rings. The topological polar surface area (TPSA) is 74.2 Å². The van der Waals surface area contributed by atoms with E-state index >= 15 is 0 Å². The predicted molar refractivity (Wildman–Crippen MR) is 69.6 cm³/mol. The summed E-state index contributed by atoms with van der Waals surface area (Å²) < 4.78 is 10.9. The Balaban J connectivity index is 1.67. The second-order valence-electron chi connectivity index (χ2n) is 4.94. The molecular weight excluding hydrogens is 242 g/mol. The Morgan fingerprint density at radius 1 is 1.42 bits per heavy atom. The lowest BCUT2D eigenvalue weighted by atomic mass is 10.1. The average Bonchev–Trinajstić information content (AvgIpc) is 3.16. The second kappa shape index (κ2) is 5.01. The van der Waals surface area contributed by atoms with Crippen molar-refractivity contribution in [2.24, 2.45) is 5.73 Å². The minimum atomic E-state index is -0.0686. The van der Waals surface area contributed by atoms with Crippen LogP contribution in [-0.4, -0.2) is 10.1 Å². The second-order valence-corrected chi connectivity index (χ2v) is 4.94. The van der Waals surface area contributed by atoms with Crippen molar-refractivity contribution in [1.82, 2.24) is 10.1 Å². The molecule has 0 saturated heterocycles. The van der Waals surface area contributed by atoms with Crippen LogP contribution in [0.2, 0.25) is 0 Å². The van der Waals surface area contributed by atoms with Gasteiger partial charge in [0.2, 0.25) is 0 Å². The van der Waals surface area contributed by atoms with Crippen LogP contribution in [0.3, 0.4) is 0 Å². The standard InChI is InChI=1S/C14H17N3O2/c1-9(15)11-4-2-3-5-12(11)18-8-13-16-14(17-19-13)10-6-7-10/h2-5,9-10H,6-8,15H2,1H3. The van der Waals surface area contributed by atoms with Crippen LogP contribution in [0.25, 0.3) is 0 Å². The van der Waals surface area contributed by atoms with Crippen molar-refractivity contribution in [3.8, 4) is 5.75 Å². The van der Waals surface area contributed by atoms with Gasteiger partial charge < -0.3 is 15.0 Å². The van der Waals surface area contributed by atoms with E-state index in [1.54, 1.807) is 0 Å². The van der Waals surface area contributed by atoms with Gasteiger partial charge in [-0.25, -0.2) is 0 Å². The summed E-state index contributed by atoms with van der Waals surface area (Å²) in [6, 6.07) is 7.66. The molecule has 2 N–H and O–H groups in total. The number of benzene rings is 1. The van der Waals surface area contributed by atoms with Crippen LogP contribution in [0.5, 0.6) is 5.75 Å². The van der Waals surface area contributed by atoms with Crippen LogP contribution in [0.4, 0.5) is 0 Å². The number of hydrogen-bond donors (Lipinski definition) is 1. The molecule has 5 heteroatoms. The van der Waals surface area contributed by atoms with Gasteiger partial charge in [-0.3, -0.25) is 0 Å². The molecule has 100 valence electrons. The van der Waals surface area contributed by atoms with Crippen molar-refractivity contribution in [3.63, 3.8) is 0 Å². The van der Waals surface area contributed by atoms with Gasteiger partial charge >= 0.3 is 0 Å². The van der Waals surface area contributed by atoms with Gasteiger partial charge in [0.25, 0.3) is 5.89 Å². The lowest BCUT2D eigenvalue weighted by molar-refractivity contribution is 0.240. The zero-order chi connectivity index (χ0) is 13.2. The molecule has 3 rings (SSSR count). The Bertz CT molecular complexity index is 561. The monoisotopic (exact) mass is 259 g/mol. The third-order valence-electron chi connectivity index (χ3n) is 3.19. The van der Waals surface area contributed by atoms with Crippen molar-refractivity contribution in [3.05, 3.63) is 41.5 Å². The molecule has 1 aromatic carbocycles. The van der Waals surface area contributed by atoms with Crippen LogP contribution in [0.15, 0.2) is 28.8 Å². The minimum Gasteiger partial charge on any atom is -0.483 e. The van der Waals surface area contributed by atoms with E-state index in [-0.39, 0.29) is 12.6 Å². The first-order valence-corrected chi connectivity index (χ1v) is 6.54. The molecular formula is C14H17N3O2. The fraction of sp³-hybridized carbons (Fsp3) is 0.429. The van der Waals surface area contributed by atoms with E-state index in [9.17, 15) is 0 Å². The summed E-state index contributed by atoms with van der Waals surface area (Å²) in [5.74, 6) is 2.58. The Hall–Kier alpha value is -1.88. The first-order chi connectivity index (χ1) is 9.24. The van der Waals surface area contributed by atoms with Gasteiger partial charge in [-0.05, 0) is 25.8 Å². The smallest absolute Gasteiger partial charge is 0.264 e. The van der Waals surface area contributed by atoms with E-state index in [1.165, 1.54) is 0 Å². The average molecular weight is 259 g/mol. The van der Waals surface area contributed by atoms with Crippen molar-refractivity contribution < 1.29 is 9.26 Å². The fourth-order valence-corrected chi connectivity index (χ4v) is 1.96. The summed E-state index contributed by atoms with van der Waals surface area (Å²) in [7, 11) is 0. The Morgan fingerprint density at radius 3 is 2.95 bits per heavy atom. The molecule has 5 nitrogen and oxygen atoms in total. The Morgan fingerprint density at radius 2 is 2.21 bits per heavy atom. The van der Waals surface area contributed by atoms with Crippen LogP contribution < -0.4 is 10.5 Å². The quantitative estimate of drug-likeness (QED) is 0.893. The molecule has 0 spiro atoms. The highest BCUT2D eigenvalue weighted by molar-refractivity contribution is 5.35. The first kappa shape index (κ1) is 12.2. The molecule has 1 fully saturated rings. The predicted octanol–water partition coefficient (Wildman–Crippen LogP) is 2.55. The molecule has 1 aliphatic rings. The summed E-state index contributed by atoms with van der Waals surface area (Å²) >= 11 is 0. The van der Waals surface area contributed by atoms with Crippen molar-refractivity contribution in [1.29, 1.82) is 0 Å². The van der Waals surface area contributed by atoms with Gasteiger partial charge in [0.15, 0.2) is 12.4 Å². The third-order valence-corrected chi connectivity index (χ3v) is 3.19. The normalized spacial score (nSPS) is 16.3. The van der Waals surface area contributed by atoms with E-state index in [2.05, 4.69) is 10.1 Å². The molecule has 0 amide bonds. The van der Waals surface area contributed by atoms with Gasteiger partial charge in [-0.1, -0.05) is 23.4 Å². The molecule has 0 bridgehead atoms. The van der Waals surface area contributed by atoms with E-state index in [1.807, 2.05) is 31.2 Å². The summed E-state index contributed by atoms with van der Waals surface area (Å²) in [6.07, 6.45) is 2.32. The molecule has 0 radical (unpaired) electrons. The molecule has 0 aliphatic heterocycles. The summed E-state index contributed by atoms with van der Waals surface area (Å²) in [5, 5.41) is 3.96. The number of aromatic nitrogens is 2. The lowest BCUT2D eigenvalue weighted by Gasteiger charge is -2.12. The van der Waals surface area contributed by atoms with E-state index in [0.717, 1.165) is 30.0 Å². The summed E-state index contributed by atoms with van der Waals surface area (Å²) in [5.41, 5.74) is 6.88. The lowest BCUT2D eigenvalue weighted by Crippen LogP contribution is -2.08. The third kappa shape index (κ3) is 2.76. The Kier molecular flexibility index (Phi) is 3.21. The molecule has 1 aromatic heterocycles. The Labute approximate surface area is 111 Å². The molecule has 1 atom stereocenters. The highest BCUT2D eigenvalue weighted by atomic mass is 16.5. The van der Waals surface area contributed by atoms with Crippen LogP contribution in [0, 0.1) is 0 Å². The maximum atomic E-state index is 5.90. The van der Waals surface area contributed by atoms with E-state index in [0.29, 0.717) is 11.8 Å². The maximum absolute atomic E-state index is 5.90. The SMILES string of the molecule is CC(N)c1ccccc1OCc1nc(C2CC2)no1. The van der Waals surface area contributed by atoms with Crippen LogP contribution >= 0.6 is 0 Å². The summed E-state index contributed by atoms with van der Waals surface area (Å²) in [4.78, 5) is 4.33. The molecule has 1 aliphatic carbocycles. The zero-order valence-electron chi connectivity index (χ0n) is 10.9. The summed E-state index contributed by atoms with van der Waals surface area (Å²) in [6.45, 7) is 2.21. The van der Waals surface area contributed by atoms with E-state index < -0.39 is 0 Å².